The van der Waals surface area contributed by atoms with Crippen molar-refractivity contribution in [1.29, 1.82) is 0 Å². The molecule has 2 heteroatoms. The van der Waals surface area contributed by atoms with E-state index in [-0.39, 0.29) is 16.8 Å². The van der Waals surface area contributed by atoms with Gasteiger partial charge in [0.1, 0.15) is 0 Å². The largest absolute Gasteiger partial charge is 0.469 e. The maximum Gasteiger partial charge on any atom is 0.311 e. The Morgan fingerprint density at radius 1 is 1.06 bits per heavy atom. The number of carbonyl (C=O) groups is 1. The molecule has 0 amide bonds. The molecule has 1 fully saturated rings. The van der Waals surface area contributed by atoms with E-state index in [4.69, 9.17) is 4.74 Å². The second kappa shape index (κ2) is 5.20. The lowest BCUT2D eigenvalue weighted by atomic mass is 9.61. The van der Waals surface area contributed by atoms with Gasteiger partial charge in [-0.1, -0.05) is 39.0 Å². The van der Waals surface area contributed by atoms with Crippen molar-refractivity contribution in [3.05, 3.63) is 0 Å². The lowest BCUT2D eigenvalue weighted by Crippen LogP contribution is -2.42. The third-order valence-corrected chi connectivity index (χ3v) is 4.66. The minimum atomic E-state index is -0.362. The van der Waals surface area contributed by atoms with Gasteiger partial charge in [0.15, 0.2) is 0 Å². The van der Waals surface area contributed by atoms with Crippen LogP contribution < -0.4 is 0 Å². The molecule has 0 atom stereocenters. The third kappa shape index (κ3) is 2.58. The molecule has 0 radical (unpaired) electrons. The van der Waals surface area contributed by atoms with Crippen LogP contribution in [0.25, 0.3) is 0 Å². The molecule has 1 aliphatic rings. The Morgan fingerprint density at radius 2 is 1.50 bits per heavy atom. The molecule has 0 aromatic rings. The molecule has 0 N–H and O–H groups in total. The Morgan fingerprint density at radius 3 is 1.94 bits per heavy atom. The molecule has 0 unspecified atom stereocenters. The summed E-state index contributed by atoms with van der Waals surface area (Å²) >= 11 is 0. The SMILES string of the molecule is COC(=O)C(C)(C)C1(C)CCCCCCC1. The Hall–Kier alpha value is -0.530. The zero-order valence-electron chi connectivity index (χ0n) is 11.3. The molecule has 94 valence electrons. The van der Waals surface area contributed by atoms with E-state index in [0.717, 1.165) is 12.8 Å². The zero-order chi connectivity index (χ0) is 12.2. The highest BCUT2D eigenvalue weighted by Gasteiger charge is 2.46. The topological polar surface area (TPSA) is 26.3 Å². The van der Waals surface area contributed by atoms with E-state index >= 15 is 0 Å². The second-order valence-corrected chi connectivity index (χ2v) is 5.95. The number of hydrogen-bond acceptors (Lipinski definition) is 2. The molecule has 0 heterocycles. The van der Waals surface area contributed by atoms with Gasteiger partial charge in [0.25, 0.3) is 0 Å². The molecule has 0 spiro atoms. The van der Waals surface area contributed by atoms with Gasteiger partial charge in [0, 0.05) is 0 Å². The van der Waals surface area contributed by atoms with E-state index in [0.29, 0.717) is 0 Å². The van der Waals surface area contributed by atoms with Gasteiger partial charge >= 0.3 is 5.97 Å². The Labute approximate surface area is 99.8 Å². The van der Waals surface area contributed by atoms with Crippen LogP contribution >= 0.6 is 0 Å². The van der Waals surface area contributed by atoms with Crippen LogP contribution in [0.4, 0.5) is 0 Å². The highest BCUT2D eigenvalue weighted by molar-refractivity contribution is 5.76. The fourth-order valence-electron chi connectivity index (χ4n) is 2.81. The van der Waals surface area contributed by atoms with Crippen molar-refractivity contribution in [2.24, 2.45) is 10.8 Å². The van der Waals surface area contributed by atoms with Gasteiger partial charge in [-0.15, -0.1) is 0 Å². The smallest absolute Gasteiger partial charge is 0.311 e. The fraction of sp³-hybridized carbons (Fsp3) is 0.929. The maximum absolute atomic E-state index is 11.9. The lowest BCUT2D eigenvalue weighted by molar-refractivity contribution is -0.159. The normalized spacial score (nSPS) is 22.0. The monoisotopic (exact) mass is 226 g/mol. The highest BCUT2D eigenvalue weighted by Crippen LogP contribution is 2.48. The molecule has 0 aromatic heterocycles. The summed E-state index contributed by atoms with van der Waals surface area (Å²) in [7, 11) is 1.50. The quantitative estimate of drug-likeness (QED) is 0.667. The van der Waals surface area contributed by atoms with Gasteiger partial charge in [-0.25, -0.2) is 0 Å². The lowest BCUT2D eigenvalue weighted by Gasteiger charge is -2.43. The first-order chi connectivity index (χ1) is 7.44. The molecule has 0 aliphatic heterocycles. The third-order valence-electron chi connectivity index (χ3n) is 4.66. The van der Waals surface area contributed by atoms with Gasteiger partial charge < -0.3 is 4.74 Å². The highest BCUT2D eigenvalue weighted by atomic mass is 16.5. The average molecular weight is 226 g/mol. The van der Waals surface area contributed by atoms with Crippen LogP contribution in [-0.4, -0.2) is 13.1 Å². The summed E-state index contributed by atoms with van der Waals surface area (Å²) in [5, 5.41) is 0. The first kappa shape index (κ1) is 13.5. The van der Waals surface area contributed by atoms with Crippen molar-refractivity contribution in [3.8, 4) is 0 Å². The fourth-order valence-corrected chi connectivity index (χ4v) is 2.81. The number of rotatable bonds is 2. The van der Waals surface area contributed by atoms with Crippen LogP contribution in [-0.2, 0) is 9.53 Å². The van der Waals surface area contributed by atoms with Crippen molar-refractivity contribution in [2.75, 3.05) is 7.11 Å². The van der Waals surface area contributed by atoms with E-state index in [1.165, 1.54) is 39.2 Å². The van der Waals surface area contributed by atoms with Crippen LogP contribution in [0.2, 0.25) is 0 Å². The van der Waals surface area contributed by atoms with Gasteiger partial charge in [0.05, 0.1) is 12.5 Å². The number of hydrogen-bond donors (Lipinski definition) is 0. The van der Waals surface area contributed by atoms with E-state index < -0.39 is 0 Å². The van der Waals surface area contributed by atoms with Crippen LogP contribution in [0.3, 0.4) is 0 Å². The molecule has 16 heavy (non-hydrogen) atoms. The van der Waals surface area contributed by atoms with Crippen molar-refractivity contribution in [2.45, 2.75) is 65.7 Å². The second-order valence-electron chi connectivity index (χ2n) is 5.95. The predicted octanol–water partition coefficient (Wildman–Crippen LogP) is 3.94. The molecule has 1 rings (SSSR count). The van der Waals surface area contributed by atoms with Crippen LogP contribution in [0.15, 0.2) is 0 Å². The molecule has 0 bridgehead atoms. The van der Waals surface area contributed by atoms with Crippen molar-refractivity contribution in [3.63, 3.8) is 0 Å². The van der Waals surface area contributed by atoms with Gasteiger partial charge in [-0.2, -0.15) is 0 Å². The molecule has 1 saturated carbocycles. The van der Waals surface area contributed by atoms with E-state index in [9.17, 15) is 4.79 Å². The van der Waals surface area contributed by atoms with Crippen LogP contribution in [0, 0.1) is 10.8 Å². The van der Waals surface area contributed by atoms with Crippen molar-refractivity contribution >= 4 is 5.97 Å². The predicted molar refractivity (Wildman–Crippen MR) is 66.2 cm³/mol. The van der Waals surface area contributed by atoms with Crippen molar-refractivity contribution in [1.82, 2.24) is 0 Å². The molecular formula is C14H26O2. The molecule has 0 aromatic carbocycles. The number of carbonyl (C=O) groups excluding carboxylic acids is 1. The summed E-state index contributed by atoms with van der Waals surface area (Å²) in [4.78, 5) is 11.9. The maximum atomic E-state index is 11.9. The van der Waals surface area contributed by atoms with Gasteiger partial charge in [-0.05, 0) is 32.1 Å². The van der Waals surface area contributed by atoms with Gasteiger partial charge in [-0.3, -0.25) is 4.79 Å². The number of ether oxygens (including phenoxy) is 1. The summed E-state index contributed by atoms with van der Waals surface area (Å²) in [5.41, 5.74) is -0.264. The molecule has 0 saturated heterocycles. The minimum Gasteiger partial charge on any atom is -0.469 e. The standard InChI is InChI=1S/C14H26O2/c1-13(2,12(15)16-4)14(3)10-8-6-5-7-9-11-14/h5-11H2,1-4H3. The van der Waals surface area contributed by atoms with E-state index in [1.807, 2.05) is 13.8 Å². The Balaban J connectivity index is 2.82. The van der Waals surface area contributed by atoms with Crippen LogP contribution in [0.1, 0.15) is 65.7 Å². The summed E-state index contributed by atoms with van der Waals surface area (Å²) < 4.78 is 4.97. The Bertz CT molecular complexity index is 235. The summed E-state index contributed by atoms with van der Waals surface area (Å²) in [6, 6.07) is 0. The number of esters is 1. The Kier molecular flexibility index (Phi) is 4.40. The van der Waals surface area contributed by atoms with E-state index in [2.05, 4.69) is 6.92 Å². The zero-order valence-corrected chi connectivity index (χ0v) is 11.3. The first-order valence-corrected chi connectivity index (χ1v) is 6.52. The minimum absolute atomic E-state index is 0.0597. The summed E-state index contributed by atoms with van der Waals surface area (Å²) in [6.07, 6.45) is 8.77. The molecule has 1 aliphatic carbocycles. The molecular weight excluding hydrogens is 200 g/mol. The van der Waals surface area contributed by atoms with Crippen molar-refractivity contribution < 1.29 is 9.53 Å². The number of methoxy groups -OCH3 is 1. The first-order valence-electron chi connectivity index (χ1n) is 6.52. The average Bonchev–Trinajstić information content (AvgIpc) is 2.22. The van der Waals surface area contributed by atoms with Crippen LogP contribution in [0.5, 0.6) is 0 Å². The van der Waals surface area contributed by atoms with E-state index in [1.54, 1.807) is 0 Å². The summed E-state index contributed by atoms with van der Waals surface area (Å²) in [6.45, 7) is 6.34. The van der Waals surface area contributed by atoms with Gasteiger partial charge in [0.2, 0.25) is 0 Å². The molecule has 2 nitrogen and oxygen atoms in total. The summed E-state index contributed by atoms with van der Waals surface area (Å²) in [5.74, 6) is -0.0597.